The maximum atomic E-state index is 5.48. The van der Waals surface area contributed by atoms with E-state index in [9.17, 15) is 0 Å². The molecule has 0 radical (unpaired) electrons. The minimum Gasteiger partial charge on any atom is -0.496 e. The lowest BCUT2D eigenvalue weighted by Gasteiger charge is -2.24. The molecule has 1 saturated heterocycles. The lowest BCUT2D eigenvalue weighted by molar-refractivity contribution is -0.908. The predicted octanol–water partition coefficient (Wildman–Crippen LogP) is 1.57. The van der Waals surface area contributed by atoms with E-state index >= 15 is 0 Å². The summed E-state index contributed by atoms with van der Waals surface area (Å²) in [4.78, 5) is 6.42. The summed E-state index contributed by atoms with van der Waals surface area (Å²) in [5.74, 6) is 1.81. The lowest BCUT2D eigenvalue weighted by Crippen LogP contribution is -3.14. The summed E-state index contributed by atoms with van der Waals surface area (Å²) in [7, 11) is 1.71. The molecule has 0 amide bonds. The Hall–Kier alpha value is -2.57. The molecule has 1 aliphatic heterocycles. The molecule has 2 heterocycles. The summed E-state index contributed by atoms with van der Waals surface area (Å²) >= 11 is 0. The van der Waals surface area contributed by atoms with Gasteiger partial charge in [-0.3, -0.25) is 0 Å². The lowest BCUT2D eigenvalue weighted by atomic mass is 10.2. The number of quaternary nitrogens is 1. The van der Waals surface area contributed by atoms with Crippen molar-refractivity contribution < 1.29 is 14.4 Å². The maximum Gasteiger partial charge on any atom is 0.204 e. The number of ether oxygens (including phenoxy) is 2. The monoisotopic (exact) mass is 367 g/mol. The van der Waals surface area contributed by atoms with Gasteiger partial charge in [0.1, 0.15) is 18.8 Å². The summed E-state index contributed by atoms with van der Waals surface area (Å²) in [6, 6.07) is 16.4. The number of fused-ring (bicyclic) bond motifs is 1. The molecule has 1 fully saturated rings. The molecule has 0 saturated carbocycles. The minimum absolute atomic E-state index is 0.678. The third-order valence-electron chi connectivity index (χ3n) is 5.17. The van der Waals surface area contributed by atoms with Crippen molar-refractivity contribution in [2.24, 2.45) is 0 Å². The summed E-state index contributed by atoms with van der Waals surface area (Å²) < 4.78 is 13.2. The number of methoxy groups -OCH3 is 1. The number of nitrogens with one attached hydrogen (secondary N) is 2. The number of hydrogen-bond acceptors (Lipinski definition) is 4. The second kappa shape index (κ2) is 8.41. The molecule has 2 N–H and O–H groups in total. The molecule has 3 aromatic rings. The van der Waals surface area contributed by atoms with Crippen LogP contribution < -0.4 is 15.0 Å². The first-order valence-corrected chi connectivity index (χ1v) is 9.57. The van der Waals surface area contributed by atoms with Crippen LogP contribution in [0.2, 0.25) is 0 Å². The van der Waals surface area contributed by atoms with Crippen LogP contribution >= 0.6 is 0 Å². The van der Waals surface area contributed by atoms with Crippen molar-refractivity contribution >= 4 is 17.0 Å². The summed E-state index contributed by atoms with van der Waals surface area (Å²) in [5.41, 5.74) is 3.32. The normalized spacial score (nSPS) is 15.1. The fraction of sp³-hybridized carbons (Fsp3) is 0.381. The van der Waals surface area contributed by atoms with Gasteiger partial charge < -0.3 is 24.3 Å². The van der Waals surface area contributed by atoms with E-state index in [-0.39, 0.29) is 0 Å². The predicted molar refractivity (Wildman–Crippen MR) is 106 cm³/mol. The molecule has 0 spiro atoms. The smallest absolute Gasteiger partial charge is 0.204 e. The Balaban J connectivity index is 1.54. The third kappa shape index (κ3) is 4.07. The van der Waals surface area contributed by atoms with Crippen molar-refractivity contribution in [3.05, 3.63) is 54.1 Å². The van der Waals surface area contributed by atoms with Crippen LogP contribution in [-0.4, -0.2) is 49.5 Å². The van der Waals surface area contributed by atoms with E-state index in [4.69, 9.17) is 14.5 Å². The molecule has 2 aromatic carbocycles. The van der Waals surface area contributed by atoms with Crippen LogP contribution in [0.3, 0.4) is 0 Å². The number of nitrogens with zero attached hydrogens (tertiary/aromatic N) is 2. The Kier molecular flexibility index (Phi) is 5.55. The second-order valence-corrected chi connectivity index (χ2v) is 6.85. The first-order valence-electron chi connectivity index (χ1n) is 9.57. The number of hydrogen-bond donors (Lipinski definition) is 2. The highest BCUT2D eigenvalue weighted by molar-refractivity contribution is 5.78. The van der Waals surface area contributed by atoms with Crippen molar-refractivity contribution in [2.75, 3.05) is 45.3 Å². The van der Waals surface area contributed by atoms with Gasteiger partial charge in [0, 0.05) is 12.1 Å². The number of aromatic nitrogens is 2. The maximum absolute atomic E-state index is 5.48. The van der Waals surface area contributed by atoms with Crippen LogP contribution in [0, 0.1) is 0 Å². The quantitative estimate of drug-likeness (QED) is 0.666. The molecule has 0 atom stereocenters. The Morgan fingerprint density at radius 3 is 2.74 bits per heavy atom. The summed E-state index contributed by atoms with van der Waals surface area (Å²) in [6.07, 6.45) is 0. The van der Waals surface area contributed by atoms with Crippen LogP contribution in [0.25, 0.3) is 11.0 Å². The van der Waals surface area contributed by atoms with E-state index < -0.39 is 0 Å². The fourth-order valence-corrected chi connectivity index (χ4v) is 3.64. The average Bonchev–Trinajstić information content (AvgIpc) is 3.09. The molecule has 0 bridgehead atoms. The van der Waals surface area contributed by atoms with Crippen molar-refractivity contribution in [3.63, 3.8) is 0 Å². The number of imidazole rings is 1. The van der Waals surface area contributed by atoms with E-state index in [0.29, 0.717) is 6.54 Å². The zero-order valence-electron chi connectivity index (χ0n) is 15.8. The highest BCUT2D eigenvalue weighted by Crippen LogP contribution is 2.22. The standard InChI is InChI=1S/C21H26N4O2/c1-26-20-9-5-2-6-17(20)16-22-21-23-18-7-3-4-8-19(18)25(21)11-10-24-12-14-27-15-13-24/h2-9H,10-16H2,1H3,(H,22,23)/p+1. The molecule has 142 valence electrons. The van der Waals surface area contributed by atoms with Gasteiger partial charge in [0.05, 0.1) is 44.4 Å². The number of morpholine rings is 1. The van der Waals surface area contributed by atoms with E-state index in [0.717, 1.165) is 62.2 Å². The molecule has 0 unspecified atom stereocenters. The number of para-hydroxylation sites is 3. The zero-order valence-corrected chi connectivity index (χ0v) is 15.8. The fourth-order valence-electron chi connectivity index (χ4n) is 3.64. The summed E-state index contributed by atoms with van der Waals surface area (Å²) in [5, 5.41) is 3.52. The first kappa shape index (κ1) is 17.8. The van der Waals surface area contributed by atoms with Crippen LogP contribution in [0.5, 0.6) is 5.75 Å². The Morgan fingerprint density at radius 1 is 1.11 bits per heavy atom. The largest absolute Gasteiger partial charge is 0.496 e. The molecule has 1 aliphatic rings. The Labute approximate surface area is 159 Å². The molecule has 27 heavy (non-hydrogen) atoms. The van der Waals surface area contributed by atoms with Crippen molar-refractivity contribution in [1.82, 2.24) is 9.55 Å². The highest BCUT2D eigenvalue weighted by Gasteiger charge is 2.16. The van der Waals surface area contributed by atoms with Gasteiger partial charge in [0.15, 0.2) is 0 Å². The molecule has 4 rings (SSSR count). The summed E-state index contributed by atoms with van der Waals surface area (Å²) in [6.45, 7) is 6.57. The van der Waals surface area contributed by atoms with Gasteiger partial charge in [0.25, 0.3) is 0 Å². The van der Waals surface area contributed by atoms with Gasteiger partial charge in [-0.25, -0.2) is 4.98 Å². The molecular weight excluding hydrogens is 340 g/mol. The van der Waals surface area contributed by atoms with Gasteiger partial charge >= 0.3 is 0 Å². The van der Waals surface area contributed by atoms with Crippen molar-refractivity contribution in [2.45, 2.75) is 13.1 Å². The second-order valence-electron chi connectivity index (χ2n) is 6.85. The molecule has 0 aliphatic carbocycles. The molecule has 6 heteroatoms. The van der Waals surface area contributed by atoms with Crippen LogP contribution in [0.1, 0.15) is 5.56 Å². The average molecular weight is 367 g/mol. The zero-order chi connectivity index (χ0) is 18.5. The highest BCUT2D eigenvalue weighted by atomic mass is 16.5. The molecule has 6 nitrogen and oxygen atoms in total. The number of rotatable bonds is 7. The van der Waals surface area contributed by atoms with Gasteiger partial charge in [-0.1, -0.05) is 30.3 Å². The van der Waals surface area contributed by atoms with Gasteiger partial charge in [-0.15, -0.1) is 0 Å². The van der Waals surface area contributed by atoms with Crippen molar-refractivity contribution in [3.8, 4) is 5.75 Å². The van der Waals surface area contributed by atoms with Crippen LogP contribution in [0.15, 0.2) is 48.5 Å². The van der Waals surface area contributed by atoms with Crippen LogP contribution in [0.4, 0.5) is 5.95 Å². The molecule has 1 aromatic heterocycles. The Morgan fingerprint density at radius 2 is 1.89 bits per heavy atom. The number of benzene rings is 2. The SMILES string of the molecule is COc1ccccc1CNc1nc2ccccc2n1CC[NH+]1CCOCC1. The number of anilines is 1. The minimum atomic E-state index is 0.678. The van der Waals surface area contributed by atoms with Gasteiger partial charge in [-0.05, 0) is 18.2 Å². The third-order valence-corrected chi connectivity index (χ3v) is 5.17. The topological polar surface area (TPSA) is 52.8 Å². The first-order chi connectivity index (χ1) is 13.3. The molecular formula is C21H27N4O2+. The van der Waals surface area contributed by atoms with Gasteiger partial charge in [0.2, 0.25) is 5.95 Å². The van der Waals surface area contributed by atoms with Crippen molar-refractivity contribution in [1.29, 1.82) is 0 Å². The van der Waals surface area contributed by atoms with E-state index in [1.807, 2.05) is 24.3 Å². The van der Waals surface area contributed by atoms with Gasteiger partial charge in [-0.2, -0.15) is 0 Å². The Bertz CT molecular complexity index is 887. The van der Waals surface area contributed by atoms with E-state index in [2.05, 4.69) is 34.1 Å². The van der Waals surface area contributed by atoms with Crippen LogP contribution in [-0.2, 0) is 17.8 Å². The van der Waals surface area contributed by atoms with E-state index in [1.165, 1.54) is 5.52 Å². The van der Waals surface area contributed by atoms with E-state index in [1.54, 1.807) is 12.0 Å².